The van der Waals surface area contributed by atoms with Crippen molar-refractivity contribution >= 4 is 51.6 Å². The van der Waals surface area contributed by atoms with Crippen LogP contribution < -0.4 is 5.32 Å². The molecule has 2 heterocycles. The predicted molar refractivity (Wildman–Crippen MR) is 121 cm³/mol. The first-order valence-electron chi connectivity index (χ1n) is 9.30. The minimum Gasteiger partial charge on any atom is -0.465 e. The van der Waals surface area contributed by atoms with Crippen molar-refractivity contribution in [2.45, 2.75) is 32.0 Å². The molecule has 1 aromatic carbocycles. The molecule has 30 heavy (non-hydrogen) atoms. The lowest BCUT2D eigenvalue weighted by Gasteiger charge is -2.08. The SMILES string of the molecule is CCc1cc(C(=O)OC)c(NC(=O)CSc2nnc(-c3ccccc3Cl)n2CC)s1. The van der Waals surface area contributed by atoms with Crippen LogP contribution in [0.2, 0.25) is 5.02 Å². The van der Waals surface area contributed by atoms with Crippen LogP contribution in [0, 0.1) is 0 Å². The number of aromatic nitrogens is 3. The zero-order chi connectivity index (χ0) is 21.7. The van der Waals surface area contributed by atoms with E-state index in [1.807, 2.05) is 36.6 Å². The third-order valence-corrected chi connectivity index (χ3v) is 6.76. The average molecular weight is 465 g/mol. The van der Waals surface area contributed by atoms with Crippen LogP contribution in [0.4, 0.5) is 5.00 Å². The molecule has 0 unspecified atom stereocenters. The number of carbonyl (C=O) groups is 2. The second kappa shape index (κ2) is 10.1. The number of esters is 1. The Kier molecular flexibility index (Phi) is 7.52. The molecule has 0 atom stereocenters. The first-order chi connectivity index (χ1) is 14.5. The highest BCUT2D eigenvalue weighted by Gasteiger charge is 2.20. The molecule has 0 aliphatic rings. The lowest BCUT2D eigenvalue weighted by Crippen LogP contribution is -2.16. The molecular weight excluding hydrogens is 444 g/mol. The van der Waals surface area contributed by atoms with Gasteiger partial charge in [-0.3, -0.25) is 4.79 Å². The number of halogens is 1. The summed E-state index contributed by atoms with van der Waals surface area (Å²) in [6.45, 7) is 4.60. The van der Waals surface area contributed by atoms with Crippen molar-refractivity contribution in [2.24, 2.45) is 0 Å². The highest BCUT2D eigenvalue weighted by Crippen LogP contribution is 2.31. The van der Waals surface area contributed by atoms with E-state index in [9.17, 15) is 9.59 Å². The summed E-state index contributed by atoms with van der Waals surface area (Å²) in [4.78, 5) is 25.5. The number of nitrogens with one attached hydrogen (secondary N) is 1. The molecule has 0 aliphatic heterocycles. The lowest BCUT2D eigenvalue weighted by atomic mass is 10.2. The first kappa shape index (κ1) is 22.3. The van der Waals surface area contributed by atoms with E-state index in [0.717, 1.165) is 16.9 Å². The quantitative estimate of drug-likeness (QED) is 0.382. The van der Waals surface area contributed by atoms with Crippen LogP contribution in [0.25, 0.3) is 11.4 Å². The first-order valence-corrected chi connectivity index (χ1v) is 11.5. The van der Waals surface area contributed by atoms with Crippen LogP contribution in [0.5, 0.6) is 0 Å². The van der Waals surface area contributed by atoms with Crippen molar-refractivity contribution in [3.63, 3.8) is 0 Å². The summed E-state index contributed by atoms with van der Waals surface area (Å²) in [6.07, 6.45) is 0.768. The Bertz CT molecular complexity index is 1060. The molecule has 3 rings (SSSR count). The topological polar surface area (TPSA) is 86.1 Å². The number of rotatable bonds is 8. The van der Waals surface area contributed by atoms with E-state index in [4.69, 9.17) is 16.3 Å². The molecule has 2 aromatic heterocycles. The number of carbonyl (C=O) groups excluding carboxylic acids is 2. The van der Waals surface area contributed by atoms with Gasteiger partial charge in [-0.25, -0.2) is 4.79 Å². The van der Waals surface area contributed by atoms with Crippen molar-refractivity contribution < 1.29 is 14.3 Å². The molecular formula is C20H21ClN4O3S2. The molecule has 0 radical (unpaired) electrons. The standard InChI is InChI=1S/C20H21ClN4O3S2/c1-4-12-10-14(19(27)28-3)18(30-12)22-16(26)11-29-20-24-23-17(25(20)5-2)13-8-6-7-9-15(13)21/h6-10H,4-5,11H2,1-3H3,(H,22,26). The van der Waals surface area contributed by atoms with E-state index in [1.165, 1.54) is 30.2 Å². The Balaban J connectivity index is 1.72. The van der Waals surface area contributed by atoms with Gasteiger partial charge in [0.25, 0.3) is 0 Å². The van der Waals surface area contributed by atoms with Crippen LogP contribution in [-0.2, 0) is 22.5 Å². The number of hydrogen-bond donors (Lipinski definition) is 1. The molecule has 1 amide bonds. The maximum Gasteiger partial charge on any atom is 0.340 e. The summed E-state index contributed by atoms with van der Waals surface area (Å²) < 4.78 is 6.73. The Labute approximate surface area is 187 Å². The van der Waals surface area contributed by atoms with Crippen LogP contribution in [0.3, 0.4) is 0 Å². The molecule has 3 aromatic rings. The summed E-state index contributed by atoms with van der Waals surface area (Å²) in [5.41, 5.74) is 1.16. The van der Waals surface area contributed by atoms with Gasteiger partial charge < -0.3 is 14.6 Å². The highest BCUT2D eigenvalue weighted by molar-refractivity contribution is 7.99. The summed E-state index contributed by atoms with van der Waals surface area (Å²) >= 11 is 8.94. The number of anilines is 1. The minimum absolute atomic E-state index is 0.126. The smallest absolute Gasteiger partial charge is 0.340 e. The van der Waals surface area contributed by atoms with Gasteiger partial charge in [0.05, 0.1) is 23.4 Å². The highest BCUT2D eigenvalue weighted by atomic mass is 35.5. The Morgan fingerprint density at radius 1 is 1.27 bits per heavy atom. The second-order valence-electron chi connectivity index (χ2n) is 6.17. The van der Waals surface area contributed by atoms with Crippen LogP contribution in [0.15, 0.2) is 35.5 Å². The van der Waals surface area contributed by atoms with Crippen molar-refractivity contribution in [1.29, 1.82) is 0 Å². The van der Waals surface area contributed by atoms with Crippen molar-refractivity contribution in [2.75, 3.05) is 18.2 Å². The van der Waals surface area contributed by atoms with Crippen LogP contribution >= 0.6 is 34.7 Å². The van der Waals surface area contributed by atoms with E-state index in [0.29, 0.717) is 33.1 Å². The number of thioether (sulfide) groups is 1. The molecule has 1 N–H and O–H groups in total. The fraction of sp³-hybridized carbons (Fsp3) is 0.300. The Morgan fingerprint density at radius 2 is 2.03 bits per heavy atom. The lowest BCUT2D eigenvalue weighted by molar-refractivity contribution is -0.113. The third kappa shape index (κ3) is 4.85. The average Bonchev–Trinajstić information content (AvgIpc) is 3.35. The summed E-state index contributed by atoms with van der Waals surface area (Å²) in [5.74, 6) is 0.0779. The number of hydrogen-bond acceptors (Lipinski definition) is 7. The van der Waals surface area contributed by atoms with Gasteiger partial charge in [0, 0.05) is 17.0 Å². The number of thiophene rings is 1. The van der Waals surface area contributed by atoms with Gasteiger partial charge in [0.2, 0.25) is 5.91 Å². The maximum atomic E-state index is 12.5. The fourth-order valence-electron chi connectivity index (χ4n) is 2.79. The van der Waals surface area contributed by atoms with Crippen molar-refractivity contribution in [1.82, 2.24) is 14.8 Å². The fourth-order valence-corrected chi connectivity index (χ4v) is 4.81. The Morgan fingerprint density at radius 3 is 2.70 bits per heavy atom. The van der Waals surface area contributed by atoms with Crippen molar-refractivity contribution in [3.05, 3.63) is 45.8 Å². The van der Waals surface area contributed by atoms with E-state index < -0.39 is 5.97 Å². The monoisotopic (exact) mass is 464 g/mol. The van der Waals surface area contributed by atoms with Crippen molar-refractivity contribution in [3.8, 4) is 11.4 Å². The van der Waals surface area contributed by atoms with Gasteiger partial charge in [0.15, 0.2) is 11.0 Å². The minimum atomic E-state index is -0.469. The largest absolute Gasteiger partial charge is 0.465 e. The van der Waals surface area contributed by atoms with E-state index in [-0.39, 0.29) is 11.7 Å². The molecule has 0 aliphatic carbocycles. The molecule has 0 saturated heterocycles. The molecule has 158 valence electrons. The number of methoxy groups -OCH3 is 1. The molecule has 7 nitrogen and oxygen atoms in total. The molecule has 10 heteroatoms. The molecule has 0 spiro atoms. The summed E-state index contributed by atoms with van der Waals surface area (Å²) in [7, 11) is 1.32. The number of aryl methyl sites for hydroxylation is 1. The zero-order valence-corrected chi connectivity index (χ0v) is 19.2. The third-order valence-electron chi connectivity index (χ3n) is 4.27. The number of ether oxygens (including phenoxy) is 1. The zero-order valence-electron chi connectivity index (χ0n) is 16.8. The van der Waals surface area contributed by atoms with E-state index in [1.54, 1.807) is 12.1 Å². The van der Waals surface area contributed by atoms with Gasteiger partial charge in [-0.05, 0) is 31.5 Å². The Hall–Kier alpha value is -2.36. The summed E-state index contributed by atoms with van der Waals surface area (Å²) in [5, 5.41) is 13.0. The second-order valence-corrected chi connectivity index (χ2v) is 8.65. The van der Waals surface area contributed by atoms with Gasteiger partial charge in [-0.15, -0.1) is 21.5 Å². The van der Waals surface area contributed by atoms with Crippen LogP contribution in [-0.4, -0.2) is 39.5 Å². The molecule has 0 bridgehead atoms. The molecule has 0 saturated carbocycles. The van der Waals surface area contributed by atoms with Gasteiger partial charge in [-0.2, -0.15) is 0 Å². The van der Waals surface area contributed by atoms with Gasteiger partial charge in [-0.1, -0.05) is 42.4 Å². The number of nitrogens with zero attached hydrogens (tertiary/aromatic N) is 3. The summed E-state index contributed by atoms with van der Waals surface area (Å²) in [6, 6.07) is 9.19. The van der Waals surface area contributed by atoms with Gasteiger partial charge in [0.1, 0.15) is 5.00 Å². The molecule has 0 fully saturated rings. The maximum absolute atomic E-state index is 12.5. The normalized spacial score (nSPS) is 10.8. The number of amides is 1. The van der Waals surface area contributed by atoms with E-state index in [2.05, 4.69) is 15.5 Å². The number of benzene rings is 1. The van der Waals surface area contributed by atoms with Gasteiger partial charge >= 0.3 is 5.97 Å². The van der Waals surface area contributed by atoms with Crippen LogP contribution in [0.1, 0.15) is 29.1 Å². The van der Waals surface area contributed by atoms with E-state index >= 15 is 0 Å². The predicted octanol–water partition coefficient (Wildman–Crippen LogP) is 4.76.